The van der Waals surface area contributed by atoms with Crippen molar-refractivity contribution in [1.29, 1.82) is 0 Å². The van der Waals surface area contributed by atoms with Gasteiger partial charge in [-0.15, -0.1) is 0 Å². The van der Waals surface area contributed by atoms with Crippen LogP contribution < -0.4 is 10.1 Å². The smallest absolute Gasteiger partial charge is 0.392 e. The highest BCUT2D eigenvalue weighted by Gasteiger charge is 2.26. The van der Waals surface area contributed by atoms with Gasteiger partial charge in [-0.3, -0.25) is 4.98 Å². The lowest BCUT2D eigenvalue weighted by atomic mass is 10.4. The summed E-state index contributed by atoms with van der Waals surface area (Å²) in [6.45, 7) is 0.111. The number of nitrogens with one attached hydrogen (secondary N) is 1. The van der Waals surface area contributed by atoms with Crippen LogP contribution in [0.3, 0.4) is 0 Å². The van der Waals surface area contributed by atoms with Gasteiger partial charge in [0.2, 0.25) is 5.88 Å². The molecule has 4 nitrogen and oxygen atoms in total. The normalized spacial score (nSPS) is 11.5. The van der Waals surface area contributed by atoms with Gasteiger partial charge < -0.3 is 10.1 Å². The van der Waals surface area contributed by atoms with E-state index in [0.29, 0.717) is 12.2 Å². The lowest BCUT2D eigenvalue weighted by molar-refractivity contribution is -0.139. The molecule has 0 aromatic carbocycles. The predicted octanol–water partition coefficient (Wildman–Crippen LogP) is 1.53. The molecule has 16 heavy (non-hydrogen) atoms. The Bertz CT molecular complexity index is 313. The first kappa shape index (κ1) is 12.7. The maximum atomic E-state index is 11.8. The fourth-order valence-electron chi connectivity index (χ4n) is 0.961. The molecule has 0 saturated carbocycles. The molecule has 0 atom stereocenters. The summed E-state index contributed by atoms with van der Waals surface area (Å²) in [5, 5.41) is 2.87. The first-order chi connectivity index (χ1) is 7.51. The molecule has 1 aromatic rings. The van der Waals surface area contributed by atoms with Crippen molar-refractivity contribution in [2.45, 2.75) is 19.1 Å². The topological polar surface area (TPSA) is 47.0 Å². The standard InChI is InChI=1S/C9H12F3N3O/c1-13-4-7-5-15-8(6-14-7)16-3-2-9(10,11)12/h5-6,13H,2-4H2,1H3. The van der Waals surface area contributed by atoms with Crippen LogP contribution in [0, 0.1) is 0 Å². The van der Waals surface area contributed by atoms with E-state index in [4.69, 9.17) is 4.74 Å². The molecule has 0 saturated heterocycles. The molecule has 0 radical (unpaired) electrons. The van der Waals surface area contributed by atoms with E-state index >= 15 is 0 Å². The Morgan fingerprint density at radius 3 is 2.56 bits per heavy atom. The van der Waals surface area contributed by atoms with Gasteiger partial charge in [0.15, 0.2) is 0 Å². The molecule has 7 heteroatoms. The van der Waals surface area contributed by atoms with Crippen molar-refractivity contribution in [2.75, 3.05) is 13.7 Å². The predicted molar refractivity (Wildman–Crippen MR) is 51.0 cm³/mol. The van der Waals surface area contributed by atoms with Crippen LogP contribution in [0.1, 0.15) is 12.1 Å². The summed E-state index contributed by atoms with van der Waals surface area (Å²) in [7, 11) is 1.76. The van der Waals surface area contributed by atoms with Gasteiger partial charge in [-0.2, -0.15) is 13.2 Å². The van der Waals surface area contributed by atoms with Crippen LogP contribution in [0.5, 0.6) is 5.88 Å². The molecule has 1 heterocycles. The van der Waals surface area contributed by atoms with Crippen molar-refractivity contribution in [3.8, 4) is 5.88 Å². The highest BCUT2D eigenvalue weighted by Crippen LogP contribution is 2.19. The number of halogens is 3. The SMILES string of the molecule is CNCc1cnc(OCCC(F)(F)F)cn1. The van der Waals surface area contributed by atoms with Crippen LogP contribution in [0.4, 0.5) is 13.2 Å². The zero-order valence-electron chi connectivity index (χ0n) is 8.71. The monoisotopic (exact) mass is 235 g/mol. The van der Waals surface area contributed by atoms with Crippen LogP contribution in [0.2, 0.25) is 0 Å². The summed E-state index contributed by atoms with van der Waals surface area (Å²) in [5.41, 5.74) is 0.700. The number of nitrogens with zero attached hydrogens (tertiary/aromatic N) is 2. The summed E-state index contributed by atoms with van der Waals surface area (Å²) in [6.07, 6.45) is -2.44. The van der Waals surface area contributed by atoms with Gasteiger partial charge in [-0.25, -0.2) is 4.98 Å². The molecular formula is C9H12F3N3O. The first-order valence-corrected chi connectivity index (χ1v) is 4.66. The Labute approximate surface area is 90.9 Å². The van der Waals surface area contributed by atoms with Crippen LogP contribution in [0.15, 0.2) is 12.4 Å². The van der Waals surface area contributed by atoms with E-state index in [-0.39, 0.29) is 5.88 Å². The van der Waals surface area contributed by atoms with Gasteiger partial charge in [0.1, 0.15) is 0 Å². The van der Waals surface area contributed by atoms with Crippen molar-refractivity contribution in [3.63, 3.8) is 0 Å². The second-order valence-electron chi connectivity index (χ2n) is 3.09. The molecule has 0 aliphatic carbocycles. The van der Waals surface area contributed by atoms with E-state index in [1.54, 1.807) is 7.05 Å². The summed E-state index contributed by atoms with van der Waals surface area (Å²) < 4.78 is 40.2. The Balaban J connectivity index is 2.37. The molecule has 0 bridgehead atoms. The highest BCUT2D eigenvalue weighted by atomic mass is 19.4. The van der Waals surface area contributed by atoms with Crippen molar-refractivity contribution in [1.82, 2.24) is 15.3 Å². The molecule has 1 N–H and O–H groups in total. The molecule has 90 valence electrons. The number of rotatable bonds is 5. The zero-order chi connectivity index (χ0) is 12.0. The van der Waals surface area contributed by atoms with Gasteiger partial charge in [-0.05, 0) is 7.05 Å². The third-order valence-corrected chi connectivity index (χ3v) is 1.68. The van der Waals surface area contributed by atoms with Crippen LogP contribution in [-0.4, -0.2) is 29.8 Å². The molecule has 0 fully saturated rings. The second-order valence-corrected chi connectivity index (χ2v) is 3.09. The zero-order valence-corrected chi connectivity index (χ0v) is 8.71. The first-order valence-electron chi connectivity index (χ1n) is 4.66. The minimum absolute atomic E-state index is 0.101. The summed E-state index contributed by atoms with van der Waals surface area (Å²) in [6, 6.07) is 0. The Morgan fingerprint density at radius 1 is 1.31 bits per heavy atom. The molecular weight excluding hydrogens is 223 g/mol. The van der Waals surface area contributed by atoms with Gasteiger partial charge in [0, 0.05) is 6.54 Å². The Hall–Kier alpha value is -1.37. The van der Waals surface area contributed by atoms with E-state index < -0.39 is 19.2 Å². The molecule has 0 aliphatic rings. The summed E-state index contributed by atoms with van der Waals surface area (Å²) >= 11 is 0. The van der Waals surface area contributed by atoms with E-state index in [1.165, 1.54) is 12.4 Å². The van der Waals surface area contributed by atoms with Crippen LogP contribution >= 0.6 is 0 Å². The number of hydrogen-bond donors (Lipinski definition) is 1. The minimum atomic E-state index is -4.21. The fraction of sp³-hybridized carbons (Fsp3) is 0.556. The highest BCUT2D eigenvalue weighted by molar-refractivity contribution is 5.06. The van der Waals surface area contributed by atoms with Gasteiger partial charge in [0.05, 0.1) is 31.1 Å². The van der Waals surface area contributed by atoms with E-state index in [1.807, 2.05) is 0 Å². The number of alkyl halides is 3. The second kappa shape index (κ2) is 5.64. The molecule has 0 amide bonds. The number of hydrogen-bond acceptors (Lipinski definition) is 4. The maximum absolute atomic E-state index is 11.8. The molecule has 0 unspecified atom stereocenters. The lowest BCUT2D eigenvalue weighted by Gasteiger charge is -2.07. The van der Waals surface area contributed by atoms with Gasteiger partial charge >= 0.3 is 6.18 Å². The average Bonchev–Trinajstić information content (AvgIpc) is 2.19. The largest absolute Gasteiger partial charge is 0.476 e. The summed E-state index contributed by atoms with van der Waals surface area (Å²) in [5.74, 6) is 0.101. The number of ether oxygens (including phenoxy) is 1. The third kappa shape index (κ3) is 4.92. The summed E-state index contributed by atoms with van der Waals surface area (Å²) in [4.78, 5) is 7.78. The Morgan fingerprint density at radius 2 is 2.06 bits per heavy atom. The molecule has 1 rings (SSSR count). The van der Waals surface area contributed by atoms with E-state index in [0.717, 1.165) is 0 Å². The Kier molecular flexibility index (Phi) is 4.48. The fourth-order valence-corrected chi connectivity index (χ4v) is 0.961. The van der Waals surface area contributed by atoms with Crippen LogP contribution in [0.25, 0.3) is 0 Å². The van der Waals surface area contributed by atoms with Crippen molar-refractivity contribution >= 4 is 0 Å². The van der Waals surface area contributed by atoms with Gasteiger partial charge in [-0.1, -0.05) is 0 Å². The third-order valence-electron chi connectivity index (χ3n) is 1.68. The van der Waals surface area contributed by atoms with Crippen molar-refractivity contribution in [2.24, 2.45) is 0 Å². The molecule has 0 aliphatic heterocycles. The van der Waals surface area contributed by atoms with Gasteiger partial charge in [0.25, 0.3) is 0 Å². The van der Waals surface area contributed by atoms with Crippen molar-refractivity contribution < 1.29 is 17.9 Å². The quantitative estimate of drug-likeness (QED) is 0.840. The molecule has 0 spiro atoms. The van der Waals surface area contributed by atoms with E-state index in [9.17, 15) is 13.2 Å². The minimum Gasteiger partial charge on any atom is -0.476 e. The lowest BCUT2D eigenvalue weighted by Crippen LogP contribution is -2.13. The van der Waals surface area contributed by atoms with Crippen molar-refractivity contribution in [3.05, 3.63) is 18.1 Å². The number of aromatic nitrogens is 2. The average molecular weight is 235 g/mol. The maximum Gasteiger partial charge on any atom is 0.392 e. The van der Waals surface area contributed by atoms with E-state index in [2.05, 4.69) is 15.3 Å². The van der Waals surface area contributed by atoms with Crippen LogP contribution in [-0.2, 0) is 6.54 Å². The molecule has 1 aromatic heterocycles.